The minimum Gasteiger partial charge on any atom is -0.488 e. The van der Waals surface area contributed by atoms with E-state index in [1.807, 2.05) is 18.2 Å². The Morgan fingerprint density at radius 1 is 1.15 bits per heavy atom. The van der Waals surface area contributed by atoms with Crippen LogP contribution in [0.25, 0.3) is 6.08 Å². The van der Waals surface area contributed by atoms with Gasteiger partial charge in [-0.1, -0.05) is 53.4 Å². The number of hydrogen-bond donors (Lipinski definition) is 0. The summed E-state index contributed by atoms with van der Waals surface area (Å²) in [4.78, 5) is 25.6. The largest absolute Gasteiger partial charge is 0.488 e. The van der Waals surface area contributed by atoms with E-state index in [4.69, 9.17) is 34.4 Å². The number of nitrogens with zero attached hydrogens (tertiary/aromatic N) is 1. The normalized spacial score (nSPS) is 15.3. The zero-order valence-electron chi connectivity index (χ0n) is 13.9. The van der Waals surface area contributed by atoms with Crippen molar-refractivity contribution in [3.63, 3.8) is 0 Å². The first kappa shape index (κ1) is 19.4. The van der Waals surface area contributed by atoms with Gasteiger partial charge in [0.05, 0.1) is 21.5 Å². The van der Waals surface area contributed by atoms with Crippen LogP contribution < -0.4 is 4.74 Å². The van der Waals surface area contributed by atoms with E-state index in [9.17, 15) is 9.59 Å². The fraction of sp³-hybridized carbons (Fsp3) is 0.100. The molecule has 136 valence electrons. The van der Waals surface area contributed by atoms with Crippen molar-refractivity contribution in [1.82, 2.24) is 4.90 Å². The van der Waals surface area contributed by atoms with E-state index >= 15 is 0 Å². The van der Waals surface area contributed by atoms with Crippen molar-refractivity contribution in [2.75, 3.05) is 6.54 Å². The summed E-state index contributed by atoms with van der Waals surface area (Å²) in [7, 11) is 0. The quantitative estimate of drug-likeness (QED) is 0.492. The summed E-state index contributed by atoms with van der Waals surface area (Å²) in [6.45, 7) is 0.234. The lowest BCUT2D eigenvalue weighted by molar-refractivity contribution is -0.122. The number of carbonyl (C=O) groups excluding carboxylic acids is 2. The molecule has 0 unspecified atom stereocenters. The SMILES string of the molecule is C#CCN1C(=O)SC(=Cc2ccccc2OCc2ccc(Cl)c(Cl)c2)C1=O. The molecule has 0 bridgehead atoms. The van der Waals surface area contributed by atoms with Crippen LogP contribution in [0.3, 0.4) is 0 Å². The molecule has 7 heteroatoms. The van der Waals surface area contributed by atoms with E-state index in [2.05, 4.69) is 5.92 Å². The molecule has 0 radical (unpaired) electrons. The van der Waals surface area contributed by atoms with Crippen molar-refractivity contribution in [1.29, 1.82) is 0 Å². The van der Waals surface area contributed by atoms with Crippen molar-refractivity contribution < 1.29 is 14.3 Å². The minimum atomic E-state index is -0.401. The number of carbonyl (C=O) groups is 2. The van der Waals surface area contributed by atoms with Gasteiger partial charge < -0.3 is 4.74 Å². The van der Waals surface area contributed by atoms with Gasteiger partial charge in [-0.05, 0) is 41.6 Å². The Balaban J connectivity index is 1.80. The van der Waals surface area contributed by atoms with Gasteiger partial charge in [-0.15, -0.1) is 6.42 Å². The Morgan fingerprint density at radius 3 is 2.67 bits per heavy atom. The molecule has 0 atom stereocenters. The summed E-state index contributed by atoms with van der Waals surface area (Å²) in [6.07, 6.45) is 6.84. The second kappa shape index (κ2) is 8.53. The standard InChI is InChI=1S/C20H13Cl2NO3S/c1-2-9-23-19(24)18(27-20(23)25)11-14-5-3-4-6-17(14)26-12-13-7-8-15(21)16(22)10-13/h1,3-8,10-11H,9,12H2. The molecular weight excluding hydrogens is 405 g/mol. The number of thioether (sulfide) groups is 1. The molecular formula is C20H13Cl2NO3S. The lowest BCUT2D eigenvalue weighted by Gasteiger charge is -2.10. The van der Waals surface area contributed by atoms with Gasteiger partial charge in [0, 0.05) is 5.56 Å². The van der Waals surface area contributed by atoms with E-state index in [0.717, 1.165) is 22.2 Å². The van der Waals surface area contributed by atoms with Crippen molar-refractivity contribution >= 4 is 52.2 Å². The number of terminal acetylenes is 1. The highest BCUT2D eigenvalue weighted by molar-refractivity contribution is 8.18. The van der Waals surface area contributed by atoms with Crippen molar-refractivity contribution in [2.24, 2.45) is 0 Å². The van der Waals surface area contributed by atoms with Crippen LogP contribution in [-0.2, 0) is 11.4 Å². The van der Waals surface area contributed by atoms with Crippen molar-refractivity contribution in [3.8, 4) is 18.1 Å². The summed E-state index contributed by atoms with van der Waals surface area (Å²) in [5, 5.41) is 0.551. The summed E-state index contributed by atoms with van der Waals surface area (Å²) < 4.78 is 5.87. The third-order valence-corrected chi connectivity index (χ3v) is 5.35. The summed E-state index contributed by atoms with van der Waals surface area (Å²) in [5.41, 5.74) is 1.54. The molecule has 2 amide bonds. The van der Waals surface area contributed by atoms with Gasteiger partial charge in [-0.3, -0.25) is 14.5 Å². The third kappa shape index (κ3) is 4.48. The maximum absolute atomic E-state index is 12.3. The molecule has 0 aromatic heterocycles. The first-order valence-corrected chi connectivity index (χ1v) is 9.41. The minimum absolute atomic E-state index is 0.0442. The van der Waals surface area contributed by atoms with E-state index in [1.165, 1.54) is 0 Å². The molecule has 0 N–H and O–H groups in total. The monoisotopic (exact) mass is 417 g/mol. The number of imide groups is 1. The smallest absolute Gasteiger partial charge is 0.294 e. The number of ether oxygens (including phenoxy) is 1. The Hall–Kier alpha value is -2.39. The molecule has 1 saturated heterocycles. The highest BCUT2D eigenvalue weighted by Crippen LogP contribution is 2.34. The molecule has 4 nitrogen and oxygen atoms in total. The molecule has 27 heavy (non-hydrogen) atoms. The van der Waals surface area contributed by atoms with Gasteiger partial charge in [0.1, 0.15) is 12.4 Å². The second-order valence-corrected chi connectivity index (χ2v) is 7.35. The Morgan fingerprint density at radius 2 is 1.93 bits per heavy atom. The molecule has 0 spiro atoms. The van der Waals surface area contributed by atoms with Crippen LogP contribution in [-0.4, -0.2) is 22.6 Å². The number of halogens is 2. The van der Waals surface area contributed by atoms with Crippen LogP contribution in [0.2, 0.25) is 10.0 Å². The van der Waals surface area contributed by atoms with Crippen LogP contribution in [0.4, 0.5) is 4.79 Å². The van der Waals surface area contributed by atoms with Gasteiger partial charge in [-0.25, -0.2) is 0 Å². The molecule has 1 aliphatic rings. The summed E-state index contributed by atoms with van der Waals surface area (Å²) in [5.74, 6) is 2.49. The lowest BCUT2D eigenvalue weighted by Crippen LogP contribution is -2.28. The van der Waals surface area contributed by atoms with E-state index in [1.54, 1.807) is 30.3 Å². The maximum Gasteiger partial charge on any atom is 0.294 e. The van der Waals surface area contributed by atoms with Crippen molar-refractivity contribution in [2.45, 2.75) is 6.61 Å². The molecule has 0 aliphatic carbocycles. The number of hydrogen-bond acceptors (Lipinski definition) is 4. The first-order valence-electron chi connectivity index (χ1n) is 7.84. The highest BCUT2D eigenvalue weighted by Gasteiger charge is 2.34. The molecule has 1 heterocycles. The van der Waals surface area contributed by atoms with Crippen LogP contribution in [0.15, 0.2) is 47.4 Å². The molecule has 0 saturated carbocycles. The fourth-order valence-electron chi connectivity index (χ4n) is 2.39. The Labute approximate surface area is 171 Å². The topological polar surface area (TPSA) is 46.6 Å². The zero-order valence-corrected chi connectivity index (χ0v) is 16.3. The Bertz CT molecular complexity index is 981. The van der Waals surface area contributed by atoms with E-state index in [-0.39, 0.29) is 18.4 Å². The van der Waals surface area contributed by atoms with E-state index in [0.29, 0.717) is 26.3 Å². The molecule has 2 aromatic carbocycles. The van der Waals surface area contributed by atoms with Gasteiger partial charge in [0.2, 0.25) is 0 Å². The van der Waals surface area contributed by atoms with Crippen LogP contribution >= 0.6 is 35.0 Å². The highest BCUT2D eigenvalue weighted by atomic mass is 35.5. The molecule has 1 fully saturated rings. The zero-order chi connectivity index (χ0) is 19.4. The number of para-hydroxylation sites is 1. The van der Waals surface area contributed by atoms with Crippen LogP contribution in [0.5, 0.6) is 5.75 Å². The number of benzene rings is 2. The van der Waals surface area contributed by atoms with Crippen LogP contribution in [0.1, 0.15) is 11.1 Å². The molecule has 1 aliphatic heterocycles. The van der Waals surface area contributed by atoms with Crippen molar-refractivity contribution in [3.05, 3.63) is 68.5 Å². The fourth-order valence-corrected chi connectivity index (χ4v) is 3.54. The first-order chi connectivity index (χ1) is 13.0. The molecule has 3 rings (SSSR count). The van der Waals surface area contributed by atoms with Gasteiger partial charge in [0.15, 0.2) is 0 Å². The van der Waals surface area contributed by atoms with Gasteiger partial charge in [-0.2, -0.15) is 0 Å². The number of amides is 2. The summed E-state index contributed by atoms with van der Waals surface area (Å²) >= 11 is 12.8. The predicted octanol–water partition coefficient (Wildman–Crippen LogP) is 5.24. The van der Waals surface area contributed by atoms with Gasteiger partial charge >= 0.3 is 0 Å². The predicted molar refractivity (Wildman–Crippen MR) is 109 cm³/mol. The summed E-state index contributed by atoms with van der Waals surface area (Å²) in [6, 6.07) is 12.5. The Kier molecular flexibility index (Phi) is 6.12. The second-order valence-electron chi connectivity index (χ2n) is 5.55. The van der Waals surface area contributed by atoms with Crippen LogP contribution in [0, 0.1) is 12.3 Å². The maximum atomic E-state index is 12.3. The average Bonchev–Trinajstić information content (AvgIpc) is 2.91. The number of rotatable bonds is 5. The average molecular weight is 418 g/mol. The third-order valence-electron chi connectivity index (χ3n) is 3.71. The lowest BCUT2D eigenvalue weighted by atomic mass is 10.1. The van der Waals surface area contributed by atoms with E-state index < -0.39 is 5.91 Å². The van der Waals surface area contributed by atoms with Gasteiger partial charge in [0.25, 0.3) is 11.1 Å². The molecule has 2 aromatic rings.